The molecule has 12 heavy (non-hydrogen) atoms. The molecule has 3 nitrogen and oxygen atoms in total. The maximum absolute atomic E-state index is 8.44. The number of rotatable bonds is 2. The zero-order chi connectivity index (χ0) is 8.97. The van der Waals surface area contributed by atoms with Gasteiger partial charge in [0, 0.05) is 11.8 Å². The van der Waals surface area contributed by atoms with E-state index in [0.717, 1.165) is 5.56 Å². The van der Waals surface area contributed by atoms with E-state index in [4.69, 9.17) is 15.7 Å². The van der Waals surface area contributed by atoms with E-state index in [9.17, 15) is 0 Å². The zero-order valence-electron chi connectivity index (χ0n) is 6.87. The number of nitrogens with zero attached hydrogens (tertiary/aromatic N) is 1. The molecule has 0 unspecified atom stereocenters. The molecule has 3 heteroatoms. The normalized spacial score (nSPS) is 9.00. The molecule has 0 aliphatic rings. The summed E-state index contributed by atoms with van der Waals surface area (Å²) < 4.78 is 4.99. The van der Waals surface area contributed by atoms with Gasteiger partial charge in [-0.05, 0) is 17.7 Å². The Morgan fingerprint density at radius 1 is 1.50 bits per heavy atom. The lowest BCUT2D eigenvalue weighted by Crippen LogP contribution is -1.91. The van der Waals surface area contributed by atoms with E-state index < -0.39 is 0 Å². The molecule has 2 N–H and O–H groups in total. The third-order valence-corrected chi connectivity index (χ3v) is 1.51. The van der Waals surface area contributed by atoms with Crippen LogP contribution in [0.5, 0.6) is 5.75 Å². The SMILES string of the molecule is COc1cc(N)cc(CC#N)c1. The van der Waals surface area contributed by atoms with Gasteiger partial charge in [-0.15, -0.1) is 0 Å². The molecule has 0 aliphatic heterocycles. The average Bonchev–Trinajstić information content (AvgIpc) is 2.04. The van der Waals surface area contributed by atoms with Gasteiger partial charge in [0.1, 0.15) is 5.75 Å². The molecule has 62 valence electrons. The minimum atomic E-state index is 0.363. The van der Waals surface area contributed by atoms with Crippen LogP contribution in [-0.4, -0.2) is 7.11 Å². The second kappa shape index (κ2) is 3.63. The minimum absolute atomic E-state index is 0.363. The lowest BCUT2D eigenvalue weighted by molar-refractivity contribution is 0.414. The molecule has 0 amide bonds. The standard InChI is InChI=1S/C9H10N2O/c1-12-9-5-7(2-3-10)4-8(11)6-9/h4-6H,2,11H2,1H3. The van der Waals surface area contributed by atoms with E-state index in [0.29, 0.717) is 17.9 Å². The molecule has 0 saturated carbocycles. The van der Waals surface area contributed by atoms with Crippen molar-refractivity contribution in [3.05, 3.63) is 23.8 Å². The third-order valence-electron chi connectivity index (χ3n) is 1.51. The number of hydrogen-bond acceptors (Lipinski definition) is 3. The summed E-state index contributed by atoms with van der Waals surface area (Å²) in [6.07, 6.45) is 0.363. The number of ether oxygens (including phenoxy) is 1. The predicted molar refractivity (Wildman–Crippen MR) is 46.7 cm³/mol. The zero-order valence-corrected chi connectivity index (χ0v) is 6.87. The predicted octanol–water partition coefficient (Wildman–Crippen LogP) is 1.34. The van der Waals surface area contributed by atoms with Crippen LogP contribution in [0.25, 0.3) is 0 Å². The summed E-state index contributed by atoms with van der Waals surface area (Å²) in [5.74, 6) is 0.695. The van der Waals surface area contributed by atoms with Crippen LogP contribution in [0.3, 0.4) is 0 Å². The van der Waals surface area contributed by atoms with Crippen molar-refractivity contribution in [2.24, 2.45) is 0 Å². The Hall–Kier alpha value is -1.69. The number of hydrogen-bond donors (Lipinski definition) is 1. The van der Waals surface area contributed by atoms with E-state index in [1.54, 1.807) is 25.3 Å². The van der Waals surface area contributed by atoms with Gasteiger partial charge in [-0.3, -0.25) is 0 Å². The highest BCUT2D eigenvalue weighted by molar-refractivity contribution is 5.48. The largest absolute Gasteiger partial charge is 0.497 e. The van der Waals surface area contributed by atoms with Crippen LogP contribution in [0, 0.1) is 11.3 Å². The summed E-state index contributed by atoms with van der Waals surface area (Å²) in [6, 6.07) is 7.35. The topological polar surface area (TPSA) is 59.0 Å². The summed E-state index contributed by atoms with van der Waals surface area (Å²) >= 11 is 0. The molecule has 0 fully saturated rings. The third kappa shape index (κ3) is 1.89. The van der Waals surface area contributed by atoms with Crippen molar-refractivity contribution in [3.8, 4) is 11.8 Å². The van der Waals surface area contributed by atoms with Crippen LogP contribution in [0.2, 0.25) is 0 Å². The van der Waals surface area contributed by atoms with Crippen molar-refractivity contribution in [1.29, 1.82) is 5.26 Å². The maximum atomic E-state index is 8.44. The first kappa shape index (κ1) is 8.41. The average molecular weight is 162 g/mol. The van der Waals surface area contributed by atoms with Gasteiger partial charge in [0.15, 0.2) is 0 Å². The lowest BCUT2D eigenvalue weighted by Gasteiger charge is -2.03. The molecule has 1 rings (SSSR count). The van der Waals surface area contributed by atoms with E-state index in [2.05, 4.69) is 6.07 Å². The summed E-state index contributed by atoms with van der Waals surface area (Å²) in [4.78, 5) is 0. The fourth-order valence-corrected chi connectivity index (χ4v) is 0.997. The first-order valence-electron chi connectivity index (χ1n) is 3.56. The Kier molecular flexibility index (Phi) is 2.54. The molecule has 0 atom stereocenters. The highest BCUT2D eigenvalue weighted by Gasteiger charge is 1.97. The fourth-order valence-electron chi connectivity index (χ4n) is 0.997. The van der Waals surface area contributed by atoms with Gasteiger partial charge in [-0.25, -0.2) is 0 Å². The molecule has 0 aromatic heterocycles. The second-order valence-corrected chi connectivity index (χ2v) is 2.45. The second-order valence-electron chi connectivity index (χ2n) is 2.45. The van der Waals surface area contributed by atoms with Crippen LogP contribution < -0.4 is 10.5 Å². The van der Waals surface area contributed by atoms with Gasteiger partial charge in [0.25, 0.3) is 0 Å². The van der Waals surface area contributed by atoms with E-state index >= 15 is 0 Å². The Morgan fingerprint density at radius 2 is 2.25 bits per heavy atom. The molecule has 0 aliphatic carbocycles. The highest BCUT2D eigenvalue weighted by atomic mass is 16.5. The molecule has 1 aromatic carbocycles. The molecule has 0 radical (unpaired) electrons. The van der Waals surface area contributed by atoms with Gasteiger partial charge in [0.2, 0.25) is 0 Å². The van der Waals surface area contributed by atoms with Crippen molar-refractivity contribution in [1.82, 2.24) is 0 Å². The number of benzene rings is 1. The van der Waals surface area contributed by atoms with Crippen molar-refractivity contribution in [3.63, 3.8) is 0 Å². The van der Waals surface area contributed by atoms with Crippen LogP contribution in [0.4, 0.5) is 5.69 Å². The molecular weight excluding hydrogens is 152 g/mol. The van der Waals surface area contributed by atoms with E-state index in [1.165, 1.54) is 0 Å². The molecule has 0 heterocycles. The Labute approximate surface area is 71.4 Å². The number of nitrogens with two attached hydrogens (primary N) is 1. The summed E-state index contributed by atoms with van der Waals surface area (Å²) in [7, 11) is 1.57. The first-order valence-corrected chi connectivity index (χ1v) is 3.56. The first-order chi connectivity index (χ1) is 5.76. The number of nitriles is 1. The van der Waals surface area contributed by atoms with Gasteiger partial charge in [-0.1, -0.05) is 0 Å². The smallest absolute Gasteiger partial charge is 0.121 e. The number of nitrogen functional groups attached to an aromatic ring is 1. The molecule has 1 aromatic rings. The number of methoxy groups -OCH3 is 1. The minimum Gasteiger partial charge on any atom is -0.497 e. The fraction of sp³-hybridized carbons (Fsp3) is 0.222. The van der Waals surface area contributed by atoms with Crippen molar-refractivity contribution in [2.75, 3.05) is 12.8 Å². The summed E-state index contributed by atoms with van der Waals surface area (Å²) in [5, 5.41) is 8.44. The Bertz CT molecular complexity index is 315. The van der Waals surface area contributed by atoms with Crippen LogP contribution in [0.15, 0.2) is 18.2 Å². The van der Waals surface area contributed by atoms with E-state index in [1.807, 2.05) is 0 Å². The van der Waals surface area contributed by atoms with Gasteiger partial charge < -0.3 is 10.5 Å². The highest BCUT2D eigenvalue weighted by Crippen LogP contribution is 2.18. The molecule has 0 spiro atoms. The van der Waals surface area contributed by atoms with Crippen LogP contribution in [-0.2, 0) is 6.42 Å². The quantitative estimate of drug-likeness (QED) is 0.667. The van der Waals surface area contributed by atoms with Gasteiger partial charge in [0.05, 0.1) is 19.6 Å². The lowest BCUT2D eigenvalue weighted by atomic mass is 10.1. The van der Waals surface area contributed by atoms with Crippen LogP contribution >= 0.6 is 0 Å². The summed E-state index contributed by atoms with van der Waals surface area (Å²) in [5.41, 5.74) is 7.08. The Morgan fingerprint density at radius 3 is 2.83 bits per heavy atom. The molecule has 0 bridgehead atoms. The maximum Gasteiger partial charge on any atom is 0.121 e. The molecular formula is C9H10N2O. The van der Waals surface area contributed by atoms with Crippen molar-refractivity contribution >= 4 is 5.69 Å². The van der Waals surface area contributed by atoms with Gasteiger partial charge >= 0.3 is 0 Å². The van der Waals surface area contributed by atoms with Crippen molar-refractivity contribution in [2.45, 2.75) is 6.42 Å². The molecule has 0 saturated heterocycles. The monoisotopic (exact) mass is 162 g/mol. The summed E-state index contributed by atoms with van der Waals surface area (Å²) in [6.45, 7) is 0. The Balaban J connectivity index is 2.99. The van der Waals surface area contributed by atoms with Crippen molar-refractivity contribution < 1.29 is 4.74 Å². The van der Waals surface area contributed by atoms with Gasteiger partial charge in [-0.2, -0.15) is 5.26 Å². The number of anilines is 1. The van der Waals surface area contributed by atoms with E-state index in [-0.39, 0.29) is 0 Å². The van der Waals surface area contributed by atoms with Crippen LogP contribution in [0.1, 0.15) is 5.56 Å².